The standard InChI is InChI=1S/C38H46N8O5/c1-37(2,3)50-34(47)24-29(20-26-10-8-7-9-11-26)42-35(48)28-21-30(43-31(22-28)44-32-25-39-14-15-40-32)27-12-13-41-33(23-27)45-16-18-46(19-17-45)36(49)51-38(4,5)6/h7-15,21-23,25,29H,16-20,24H2,1-6H3,(H,42,48)(H,40,43,44)/t29-/m0/s1. The normalized spacial score (nSPS) is 14.0. The van der Waals surface area contributed by atoms with E-state index in [2.05, 4.69) is 30.5 Å². The Balaban J connectivity index is 1.40. The third kappa shape index (κ3) is 11.2. The molecule has 0 radical (unpaired) electrons. The number of pyridine rings is 2. The maximum absolute atomic E-state index is 14.0. The van der Waals surface area contributed by atoms with Gasteiger partial charge >= 0.3 is 12.1 Å². The second kappa shape index (κ2) is 16.0. The Hall–Kier alpha value is -5.59. The predicted octanol–water partition coefficient (Wildman–Crippen LogP) is 5.81. The van der Waals surface area contributed by atoms with Crippen LogP contribution in [0.5, 0.6) is 0 Å². The summed E-state index contributed by atoms with van der Waals surface area (Å²) in [6.07, 6.45) is 6.49. The number of esters is 1. The van der Waals surface area contributed by atoms with Crippen molar-refractivity contribution in [3.63, 3.8) is 0 Å². The fourth-order valence-electron chi connectivity index (χ4n) is 5.49. The van der Waals surface area contributed by atoms with Crippen LogP contribution in [0, 0.1) is 0 Å². The Labute approximate surface area is 298 Å². The summed E-state index contributed by atoms with van der Waals surface area (Å²) in [7, 11) is 0. The van der Waals surface area contributed by atoms with Crippen LogP contribution in [0.1, 0.15) is 63.9 Å². The Morgan fingerprint density at radius 3 is 2.22 bits per heavy atom. The number of rotatable bonds is 10. The number of nitrogens with one attached hydrogen (secondary N) is 2. The van der Waals surface area contributed by atoms with Gasteiger partial charge in [0.1, 0.15) is 28.7 Å². The van der Waals surface area contributed by atoms with E-state index in [4.69, 9.17) is 14.5 Å². The van der Waals surface area contributed by atoms with E-state index < -0.39 is 23.2 Å². The molecule has 3 aromatic heterocycles. The number of nitrogens with zero attached hydrogens (tertiary/aromatic N) is 6. The summed E-state index contributed by atoms with van der Waals surface area (Å²) in [6.45, 7) is 13.1. The van der Waals surface area contributed by atoms with Crippen molar-refractivity contribution in [3.05, 3.63) is 90.5 Å². The lowest BCUT2D eigenvalue weighted by Crippen LogP contribution is -2.50. The molecule has 2 N–H and O–H groups in total. The van der Waals surface area contributed by atoms with Crippen LogP contribution in [0.4, 0.5) is 22.2 Å². The molecule has 1 fully saturated rings. The lowest BCUT2D eigenvalue weighted by Gasteiger charge is -2.36. The van der Waals surface area contributed by atoms with Crippen molar-refractivity contribution in [1.29, 1.82) is 0 Å². The van der Waals surface area contributed by atoms with E-state index in [0.717, 1.165) is 16.9 Å². The Kier molecular flexibility index (Phi) is 11.5. The average Bonchev–Trinajstić information content (AvgIpc) is 3.07. The van der Waals surface area contributed by atoms with Crippen LogP contribution in [0.15, 0.2) is 79.4 Å². The van der Waals surface area contributed by atoms with E-state index in [9.17, 15) is 14.4 Å². The first-order valence-corrected chi connectivity index (χ1v) is 17.0. The Bertz CT molecular complexity index is 1800. The van der Waals surface area contributed by atoms with Gasteiger partial charge in [0, 0.05) is 61.9 Å². The summed E-state index contributed by atoms with van der Waals surface area (Å²) in [5, 5.41) is 6.23. The van der Waals surface area contributed by atoms with Crippen LogP contribution >= 0.6 is 0 Å². The third-order valence-electron chi connectivity index (χ3n) is 7.70. The van der Waals surface area contributed by atoms with E-state index in [1.165, 1.54) is 0 Å². The second-order valence-electron chi connectivity index (χ2n) is 14.3. The van der Waals surface area contributed by atoms with Gasteiger partial charge in [-0.1, -0.05) is 30.3 Å². The molecule has 0 aliphatic carbocycles. The van der Waals surface area contributed by atoms with E-state index in [0.29, 0.717) is 55.5 Å². The fraction of sp³-hybridized carbons (Fsp3) is 0.395. The van der Waals surface area contributed by atoms with Crippen molar-refractivity contribution in [2.45, 2.75) is 71.6 Å². The highest BCUT2D eigenvalue weighted by molar-refractivity contribution is 5.96. The van der Waals surface area contributed by atoms with Crippen molar-refractivity contribution in [1.82, 2.24) is 30.2 Å². The smallest absolute Gasteiger partial charge is 0.410 e. The quantitative estimate of drug-likeness (QED) is 0.194. The topological polar surface area (TPSA) is 152 Å². The molecule has 51 heavy (non-hydrogen) atoms. The van der Waals surface area contributed by atoms with Crippen molar-refractivity contribution >= 4 is 35.4 Å². The van der Waals surface area contributed by atoms with E-state index in [1.54, 1.807) is 41.8 Å². The average molecular weight is 695 g/mol. The van der Waals surface area contributed by atoms with Gasteiger partial charge in [-0.15, -0.1) is 0 Å². The van der Waals surface area contributed by atoms with Gasteiger partial charge in [0.2, 0.25) is 0 Å². The molecule has 5 rings (SSSR count). The molecule has 4 heterocycles. The highest BCUT2D eigenvalue weighted by Crippen LogP contribution is 2.27. The van der Waals surface area contributed by atoms with E-state index in [1.807, 2.05) is 84.0 Å². The molecule has 1 saturated heterocycles. The zero-order valence-electron chi connectivity index (χ0n) is 30.1. The molecule has 13 nitrogen and oxygen atoms in total. The third-order valence-corrected chi connectivity index (χ3v) is 7.70. The molecule has 1 aliphatic rings. The SMILES string of the molecule is CC(C)(C)OC(=O)C[C@H](Cc1ccccc1)NC(=O)c1cc(Nc2cnccn2)nc(-c2ccnc(N3CCN(C(=O)OC(C)(C)C)CC3)c2)c1. The molecule has 2 amide bonds. The van der Waals surface area contributed by atoms with Gasteiger partial charge in [0.25, 0.3) is 5.91 Å². The summed E-state index contributed by atoms with van der Waals surface area (Å²) >= 11 is 0. The number of aromatic nitrogens is 4. The Morgan fingerprint density at radius 1 is 0.824 bits per heavy atom. The number of carbonyl (C=O) groups is 3. The minimum atomic E-state index is -0.658. The number of piperazine rings is 1. The van der Waals surface area contributed by atoms with E-state index >= 15 is 0 Å². The van der Waals surface area contributed by atoms with Crippen molar-refractivity contribution in [2.24, 2.45) is 0 Å². The molecular weight excluding hydrogens is 648 g/mol. The number of hydrogen-bond acceptors (Lipinski definition) is 11. The summed E-state index contributed by atoms with van der Waals surface area (Å²) in [5.41, 5.74) is 1.34. The summed E-state index contributed by atoms with van der Waals surface area (Å²) in [4.78, 5) is 61.1. The molecule has 0 saturated carbocycles. The van der Waals surface area contributed by atoms with Gasteiger partial charge in [0.15, 0.2) is 0 Å². The van der Waals surface area contributed by atoms with Gasteiger partial charge in [-0.2, -0.15) is 0 Å². The lowest BCUT2D eigenvalue weighted by molar-refractivity contribution is -0.155. The number of hydrogen-bond donors (Lipinski definition) is 2. The van der Waals surface area contributed by atoms with Gasteiger partial charge in [0.05, 0.1) is 18.3 Å². The molecule has 268 valence electrons. The van der Waals surface area contributed by atoms with Crippen LogP contribution in [0.25, 0.3) is 11.3 Å². The van der Waals surface area contributed by atoms with Crippen molar-refractivity contribution in [2.75, 3.05) is 36.4 Å². The summed E-state index contributed by atoms with van der Waals surface area (Å²) in [5.74, 6) is 0.780. The zero-order valence-corrected chi connectivity index (χ0v) is 30.1. The lowest BCUT2D eigenvalue weighted by atomic mass is 10.0. The van der Waals surface area contributed by atoms with Gasteiger partial charge < -0.3 is 29.9 Å². The molecule has 1 aliphatic heterocycles. The van der Waals surface area contributed by atoms with Crippen LogP contribution in [0.2, 0.25) is 0 Å². The monoisotopic (exact) mass is 694 g/mol. The second-order valence-corrected chi connectivity index (χ2v) is 14.3. The number of benzene rings is 1. The first-order valence-electron chi connectivity index (χ1n) is 17.0. The largest absolute Gasteiger partial charge is 0.460 e. The van der Waals surface area contributed by atoms with Gasteiger partial charge in [-0.05, 0) is 77.8 Å². The fourth-order valence-corrected chi connectivity index (χ4v) is 5.49. The van der Waals surface area contributed by atoms with Crippen LogP contribution in [-0.2, 0) is 20.7 Å². The van der Waals surface area contributed by atoms with Crippen LogP contribution in [-0.4, -0.2) is 86.2 Å². The van der Waals surface area contributed by atoms with Crippen LogP contribution < -0.4 is 15.5 Å². The molecular formula is C38H46N8O5. The first kappa shape index (κ1) is 36.7. The van der Waals surface area contributed by atoms with Crippen molar-refractivity contribution < 1.29 is 23.9 Å². The highest BCUT2D eigenvalue weighted by Gasteiger charge is 2.27. The molecule has 1 aromatic carbocycles. The van der Waals surface area contributed by atoms with Crippen LogP contribution in [0.3, 0.4) is 0 Å². The Morgan fingerprint density at radius 2 is 1.55 bits per heavy atom. The molecule has 0 bridgehead atoms. The predicted molar refractivity (Wildman–Crippen MR) is 195 cm³/mol. The maximum atomic E-state index is 14.0. The van der Waals surface area contributed by atoms with Gasteiger partial charge in [-0.3, -0.25) is 14.6 Å². The number of amides is 2. The summed E-state index contributed by atoms with van der Waals surface area (Å²) in [6, 6.07) is 16.2. The van der Waals surface area contributed by atoms with Crippen molar-refractivity contribution in [3.8, 4) is 11.3 Å². The number of carbonyl (C=O) groups excluding carboxylic acids is 3. The minimum absolute atomic E-state index is 0.00450. The number of ether oxygens (including phenoxy) is 2. The minimum Gasteiger partial charge on any atom is -0.460 e. The number of anilines is 3. The summed E-state index contributed by atoms with van der Waals surface area (Å²) < 4.78 is 11.1. The van der Waals surface area contributed by atoms with E-state index in [-0.39, 0.29) is 18.4 Å². The highest BCUT2D eigenvalue weighted by atomic mass is 16.6. The van der Waals surface area contributed by atoms with Gasteiger partial charge in [-0.25, -0.2) is 19.7 Å². The molecule has 4 aromatic rings. The zero-order chi connectivity index (χ0) is 36.6. The first-order chi connectivity index (χ1) is 24.2. The molecule has 0 spiro atoms. The molecule has 0 unspecified atom stereocenters. The maximum Gasteiger partial charge on any atom is 0.410 e. The molecule has 13 heteroatoms. The molecule has 1 atom stereocenters.